The van der Waals surface area contributed by atoms with Crippen molar-refractivity contribution >= 4 is 39.6 Å². The van der Waals surface area contributed by atoms with Crippen LogP contribution in [0.3, 0.4) is 0 Å². The second-order valence-electron chi connectivity index (χ2n) is 14.7. The minimum atomic E-state index is -1.23. The fourth-order valence-electron chi connectivity index (χ4n) is 8.50. The molecule has 4 heterocycles. The number of aliphatic hydroxyl groups is 1. The lowest BCUT2D eigenvalue weighted by molar-refractivity contribution is -0.164. The summed E-state index contributed by atoms with van der Waals surface area (Å²) in [6, 6.07) is 7.87. The zero-order valence-electron chi connectivity index (χ0n) is 31.3. The number of fused-ring (bicyclic) bond motifs is 1. The Morgan fingerprint density at radius 1 is 1.09 bits per heavy atom. The van der Waals surface area contributed by atoms with Crippen molar-refractivity contribution < 1.29 is 38.5 Å². The summed E-state index contributed by atoms with van der Waals surface area (Å²) < 4.78 is 18.7. The molecule has 292 valence electrons. The van der Waals surface area contributed by atoms with Crippen LogP contribution in [0.25, 0.3) is 0 Å². The van der Waals surface area contributed by atoms with Crippen molar-refractivity contribution in [1.29, 1.82) is 0 Å². The lowest BCUT2D eigenvalue weighted by Crippen LogP contribution is -2.57. The van der Waals surface area contributed by atoms with Crippen LogP contribution >= 0.6 is 15.9 Å². The van der Waals surface area contributed by atoms with Crippen molar-refractivity contribution in [3.8, 4) is 0 Å². The number of ether oxygens (including phenoxy) is 3. The topological polar surface area (TPSA) is 129 Å². The van der Waals surface area contributed by atoms with Gasteiger partial charge >= 0.3 is 5.97 Å². The highest BCUT2D eigenvalue weighted by molar-refractivity contribution is 9.09. The van der Waals surface area contributed by atoms with Crippen LogP contribution in [0.5, 0.6) is 0 Å². The molecule has 4 fully saturated rings. The number of allylic oxidation sites excluding steroid dienone is 1. The summed E-state index contributed by atoms with van der Waals surface area (Å²) in [6.07, 6.45) is 5.99. The first kappa shape index (κ1) is 41.1. The molecule has 4 saturated heterocycles. The summed E-state index contributed by atoms with van der Waals surface area (Å²) in [5, 5.41) is 9.32. The van der Waals surface area contributed by atoms with Crippen molar-refractivity contribution in [2.45, 2.75) is 86.6 Å². The molecular formula is C40H57BrN4O8. The van der Waals surface area contributed by atoms with E-state index in [9.17, 15) is 24.3 Å². The number of benzene rings is 1. The number of amides is 3. The van der Waals surface area contributed by atoms with E-state index in [4.69, 9.17) is 14.2 Å². The van der Waals surface area contributed by atoms with Crippen molar-refractivity contribution in [2.24, 2.45) is 11.8 Å². The highest BCUT2D eigenvalue weighted by Gasteiger charge is 2.77. The van der Waals surface area contributed by atoms with Gasteiger partial charge in [-0.05, 0) is 38.2 Å². The van der Waals surface area contributed by atoms with E-state index in [2.05, 4.69) is 34.0 Å². The molecule has 3 amide bonds. The van der Waals surface area contributed by atoms with Crippen LogP contribution in [0, 0.1) is 11.8 Å². The van der Waals surface area contributed by atoms with Crippen molar-refractivity contribution in [3.63, 3.8) is 0 Å². The van der Waals surface area contributed by atoms with Gasteiger partial charge in [-0.3, -0.25) is 24.1 Å². The predicted octanol–water partition coefficient (Wildman–Crippen LogP) is 3.73. The number of likely N-dealkylation sites (N-methyl/N-ethyl adjacent to an activating group) is 1. The summed E-state index contributed by atoms with van der Waals surface area (Å²) in [6.45, 7) is 14.2. The second kappa shape index (κ2) is 19.0. The summed E-state index contributed by atoms with van der Waals surface area (Å²) in [4.78, 5) is 64.2. The minimum absolute atomic E-state index is 0.0988. The Labute approximate surface area is 322 Å². The zero-order chi connectivity index (χ0) is 38.1. The Morgan fingerprint density at radius 3 is 2.49 bits per heavy atom. The Hall–Kier alpha value is -3.10. The van der Waals surface area contributed by atoms with E-state index in [1.807, 2.05) is 37.3 Å². The fraction of sp³-hybridized carbons (Fsp3) is 0.650. The molecule has 0 aliphatic carbocycles. The molecule has 1 unspecified atom stereocenters. The molecule has 12 nitrogen and oxygen atoms in total. The van der Waals surface area contributed by atoms with E-state index in [-0.39, 0.29) is 35.6 Å². The minimum Gasteiger partial charge on any atom is -0.455 e. The Morgan fingerprint density at radius 2 is 1.81 bits per heavy atom. The lowest BCUT2D eigenvalue weighted by atomic mass is 9.70. The van der Waals surface area contributed by atoms with Crippen LogP contribution in [0.4, 0.5) is 0 Å². The van der Waals surface area contributed by atoms with Gasteiger partial charge in [-0.25, -0.2) is 0 Å². The van der Waals surface area contributed by atoms with E-state index < -0.39 is 47.7 Å². The predicted molar refractivity (Wildman–Crippen MR) is 204 cm³/mol. The van der Waals surface area contributed by atoms with Crippen LogP contribution in [-0.2, 0) is 33.4 Å². The normalized spacial score (nSPS) is 27.6. The van der Waals surface area contributed by atoms with Crippen LogP contribution in [0.1, 0.15) is 63.5 Å². The highest BCUT2D eigenvalue weighted by atomic mass is 79.9. The lowest BCUT2D eigenvalue weighted by Gasteiger charge is -2.38. The number of esters is 1. The van der Waals surface area contributed by atoms with E-state index in [1.165, 1.54) is 0 Å². The van der Waals surface area contributed by atoms with Crippen LogP contribution < -0.4 is 0 Å². The maximum atomic E-state index is 14.8. The average Bonchev–Trinajstić information content (AvgIpc) is 3.77. The molecule has 5 rings (SSSR count). The smallest absolute Gasteiger partial charge is 0.313 e. The van der Waals surface area contributed by atoms with Crippen LogP contribution in [-0.4, -0.2) is 143 Å². The summed E-state index contributed by atoms with van der Waals surface area (Å²) in [5.74, 6) is -3.05. The number of hydrogen-bond donors (Lipinski definition) is 1. The van der Waals surface area contributed by atoms with E-state index in [0.717, 1.165) is 31.5 Å². The summed E-state index contributed by atoms with van der Waals surface area (Å²) in [5.41, 5.74) is -0.507. The van der Waals surface area contributed by atoms with Crippen LogP contribution in [0.2, 0.25) is 0 Å². The SMILES string of the molecule is C=CCCC(=O)N(C)[C@@H](C)[C@@H](OC(=O)[C@H]1[C@@H]2O[C@@]3(CC2Br)[C@@H]1C(=O)N(CCCCCCO)[C@@H]3C(=O)N(CC=C)CCN1CCOCC1)c1ccccc1. The van der Waals surface area contributed by atoms with E-state index in [1.54, 1.807) is 33.9 Å². The molecule has 0 saturated carbocycles. The Kier molecular flexibility index (Phi) is 14.7. The molecule has 4 aliphatic rings. The fourth-order valence-corrected chi connectivity index (χ4v) is 9.44. The number of nitrogens with zero attached hydrogens (tertiary/aromatic N) is 4. The monoisotopic (exact) mass is 800 g/mol. The van der Waals surface area contributed by atoms with Gasteiger partial charge < -0.3 is 34.0 Å². The molecule has 0 radical (unpaired) electrons. The Balaban J connectivity index is 1.44. The first-order valence-electron chi connectivity index (χ1n) is 19.1. The first-order valence-corrected chi connectivity index (χ1v) is 20.1. The molecule has 1 N–H and O–H groups in total. The quantitative estimate of drug-likeness (QED) is 0.0909. The van der Waals surface area contributed by atoms with Gasteiger partial charge in [0, 0.05) is 64.2 Å². The van der Waals surface area contributed by atoms with Crippen molar-refractivity contribution in [2.75, 3.05) is 66.1 Å². The number of halogens is 1. The Bertz CT molecular complexity index is 1440. The number of carbonyl (C=O) groups excluding carboxylic acids is 4. The van der Waals surface area contributed by atoms with E-state index >= 15 is 0 Å². The van der Waals surface area contributed by atoms with Gasteiger partial charge in [0.2, 0.25) is 17.7 Å². The molecule has 1 aromatic carbocycles. The molecule has 0 aromatic heterocycles. The molecular weight excluding hydrogens is 744 g/mol. The number of likely N-dealkylation sites (tertiary alicyclic amines) is 1. The van der Waals surface area contributed by atoms with Gasteiger partial charge in [0.15, 0.2) is 0 Å². The number of morpholine rings is 1. The van der Waals surface area contributed by atoms with Crippen LogP contribution in [0.15, 0.2) is 55.6 Å². The molecule has 2 bridgehead atoms. The van der Waals surface area contributed by atoms with Gasteiger partial charge in [-0.1, -0.05) is 71.3 Å². The summed E-state index contributed by atoms with van der Waals surface area (Å²) in [7, 11) is 1.70. The highest BCUT2D eigenvalue weighted by Crippen LogP contribution is 2.60. The third-order valence-electron chi connectivity index (χ3n) is 11.4. The van der Waals surface area contributed by atoms with Gasteiger partial charge in [0.25, 0.3) is 0 Å². The summed E-state index contributed by atoms with van der Waals surface area (Å²) >= 11 is 3.78. The maximum absolute atomic E-state index is 14.8. The number of rotatable bonds is 20. The molecule has 1 aromatic rings. The van der Waals surface area contributed by atoms with Gasteiger partial charge in [0.05, 0.1) is 37.2 Å². The first-order chi connectivity index (χ1) is 25.6. The second-order valence-corrected chi connectivity index (χ2v) is 15.9. The molecule has 8 atom stereocenters. The average molecular weight is 802 g/mol. The maximum Gasteiger partial charge on any atom is 0.313 e. The number of unbranched alkanes of at least 4 members (excludes halogenated alkanes) is 3. The molecule has 53 heavy (non-hydrogen) atoms. The number of aliphatic hydroxyl groups excluding tert-OH is 1. The standard InChI is InChI=1S/C40H57BrN4O8/c1-5-7-17-31(47)42(4)28(3)34(29-15-11-10-12-16-29)52-39(50)32-33-37(48)45(19-13-8-9-14-24-46)36(40(33)27-30(41)35(32)53-40)38(49)44(18-6-2)21-20-43-22-25-51-26-23-43/h5-6,10-12,15-16,28,30,32-36,46H,1-2,7-9,13-14,17-27H2,3-4H3/t28-,30?,32+,33-,34+,35+,36+,40-/m0/s1. The number of hydrogen-bond acceptors (Lipinski definition) is 9. The third kappa shape index (κ3) is 8.91. The third-order valence-corrected chi connectivity index (χ3v) is 12.3. The van der Waals surface area contributed by atoms with Crippen molar-refractivity contribution in [3.05, 3.63) is 61.2 Å². The van der Waals surface area contributed by atoms with Gasteiger partial charge in [0.1, 0.15) is 17.7 Å². The number of carbonyl (C=O) groups is 4. The zero-order valence-corrected chi connectivity index (χ0v) is 32.9. The molecule has 4 aliphatic heterocycles. The van der Waals surface area contributed by atoms with Crippen molar-refractivity contribution in [1.82, 2.24) is 19.6 Å². The largest absolute Gasteiger partial charge is 0.455 e. The molecule has 13 heteroatoms. The van der Waals surface area contributed by atoms with Gasteiger partial charge in [-0.2, -0.15) is 0 Å². The number of alkyl halides is 1. The van der Waals surface area contributed by atoms with Gasteiger partial charge in [-0.15, -0.1) is 13.2 Å². The van der Waals surface area contributed by atoms with E-state index in [0.29, 0.717) is 65.1 Å². The molecule has 1 spiro atoms.